The smallest absolute Gasteiger partial charge is 0.350 e. The zero-order valence-corrected chi connectivity index (χ0v) is 15.1. The highest BCUT2D eigenvalue weighted by molar-refractivity contribution is 5.81. The molecule has 1 amide bonds. The lowest BCUT2D eigenvalue weighted by Crippen LogP contribution is -2.29. The fourth-order valence-electron chi connectivity index (χ4n) is 3.07. The number of aromatic nitrogens is 4. The molecule has 0 saturated carbocycles. The number of carbonyl (C=O) groups excluding carboxylic acids is 1. The van der Waals surface area contributed by atoms with Crippen LogP contribution in [0.25, 0.3) is 22.3 Å². The molecule has 0 saturated heterocycles. The number of aromatic amines is 1. The molecule has 2 heterocycles. The van der Waals surface area contributed by atoms with Crippen LogP contribution in [-0.2, 0) is 24.1 Å². The number of rotatable bonds is 5. The van der Waals surface area contributed by atoms with Gasteiger partial charge in [0, 0.05) is 12.7 Å². The Morgan fingerprint density at radius 3 is 2.52 bits per heavy atom. The molecule has 6 nitrogen and oxygen atoms in total. The molecule has 29 heavy (non-hydrogen) atoms. The fourth-order valence-corrected chi connectivity index (χ4v) is 3.07. The molecule has 0 aliphatic rings. The third kappa shape index (κ3) is 3.98. The molecule has 4 rings (SSSR count). The predicted octanol–water partition coefficient (Wildman–Crippen LogP) is 3.76. The molecule has 0 spiro atoms. The summed E-state index contributed by atoms with van der Waals surface area (Å²) in [5.74, 6) is -1.62. The number of imidazole rings is 1. The minimum absolute atomic E-state index is 0.196. The largest absolute Gasteiger partial charge is 0.449 e. The first-order valence-corrected chi connectivity index (χ1v) is 8.79. The number of para-hydroxylation sites is 2. The molecule has 0 bridgehead atoms. The van der Waals surface area contributed by atoms with Gasteiger partial charge in [-0.05, 0) is 29.3 Å². The van der Waals surface area contributed by atoms with Gasteiger partial charge in [0.05, 0.1) is 16.7 Å². The van der Waals surface area contributed by atoms with Crippen LogP contribution >= 0.6 is 0 Å². The number of nitrogens with zero attached hydrogens (tertiary/aromatic N) is 3. The highest BCUT2D eigenvalue weighted by atomic mass is 19.4. The number of H-pyrrole nitrogens is 1. The predicted molar refractivity (Wildman–Crippen MR) is 101 cm³/mol. The molecule has 0 fully saturated rings. The number of hydrogen-bond acceptors (Lipinski definition) is 3. The molecular weight excluding hydrogens is 383 g/mol. The van der Waals surface area contributed by atoms with Crippen LogP contribution in [0.5, 0.6) is 0 Å². The topological polar surface area (TPSA) is 75.6 Å². The average molecular weight is 399 g/mol. The van der Waals surface area contributed by atoms with Gasteiger partial charge >= 0.3 is 6.18 Å². The molecule has 2 aromatic heterocycles. The minimum Gasteiger partial charge on any atom is -0.350 e. The zero-order chi connectivity index (χ0) is 20.4. The molecular formula is C20H16F3N5O. The second-order valence-corrected chi connectivity index (χ2v) is 6.45. The highest BCUT2D eigenvalue weighted by Gasteiger charge is 2.37. The van der Waals surface area contributed by atoms with E-state index < -0.39 is 24.5 Å². The Bertz CT molecular complexity index is 1130. The van der Waals surface area contributed by atoms with Crippen LogP contribution in [0.3, 0.4) is 0 Å². The Hall–Kier alpha value is -3.62. The molecule has 4 aromatic rings. The number of alkyl halides is 3. The van der Waals surface area contributed by atoms with Gasteiger partial charge in [0.15, 0.2) is 0 Å². The molecule has 2 aromatic carbocycles. The molecule has 2 N–H and O–H groups in total. The van der Waals surface area contributed by atoms with Gasteiger partial charge in [-0.2, -0.15) is 18.3 Å². The SMILES string of the molecule is O=C(Cn1c(C(F)(F)F)nc2ccccc21)NCc1ccc(-c2ccn[nH]2)cc1. The molecule has 0 aliphatic carbocycles. The van der Waals surface area contributed by atoms with Gasteiger partial charge in [-0.1, -0.05) is 36.4 Å². The fraction of sp³-hybridized carbons (Fsp3) is 0.150. The van der Waals surface area contributed by atoms with E-state index in [-0.39, 0.29) is 17.6 Å². The number of nitrogens with one attached hydrogen (secondary N) is 2. The summed E-state index contributed by atoms with van der Waals surface area (Å²) in [7, 11) is 0. The van der Waals surface area contributed by atoms with Crippen LogP contribution < -0.4 is 5.32 Å². The summed E-state index contributed by atoms with van der Waals surface area (Å²) < 4.78 is 40.9. The van der Waals surface area contributed by atoms with Gasteiger partial charge in [0.1, 0.15) is 6.54 Å². The number of fused-ring (bicyclic) bond motifs is 1. The van der Waals surface area contributed by atoms with Crippen molar-refractivity contribution in [1.29, 1.82) is 0 Å². The van der Waals surface area contributed by atoms with Crippen LogP contribution in [0.4, 0.5) is 13.2 Å². The lowest BCUT2D eigenvalue weighted by Gasteiger charge is -2.12. The van der Waals surface area contributed by atoms with E-state index in [0.717, 1.165) is 21.4 Å². The third-order valence-corrected chi connectivity index (χ3v) is 4.47. The normalized spacial score (nSPS) is 11.7. The van der Waals surface area contributed by atoms with Crippen LogP contribution in [0.15, 0.2) is 60.8 Å². The summed E-state index contributed by atoms with van der Waals surface area (Å²) in [6.07, 6.45) is -3.00. The van der Waals surface area contributed by atoms with Crippen LogP contribution in [-0.4, -0.2) is 25.7 Å². The minimum atomic E-state index is -4.65. The van der Waals surface area contributed by atoms with Crippen LogP contribution in [0.1, 0.15) is 11.4 Å². The maximum atomic E-state index is 13.3. The standard InChI is InChI=1S/C20H16F3N5O/c21-20(22,23)19-26-16-3-1-2-4-17(16)28(19)12-18(29)24-11-13-5-7-14(8-6-13)15-9-10-25-27-15/h1-10H,11-12H2,(H,24,29)(H,25,27). The van der Waals surface area contributed by atoms with Gasteiger partial charge in [-0.3, -0.25) is 9.89 Å². The van der Waals surface area contributed by atoms with E-state index >= 15 is 0 Å². The van der Waals surface area contributed by atoms with Gasteiger partial charge in [-0.15, -0.1) is 0 Å². The molecule has 9 heteroatoms. The molecule has 148 valence electrons. The monoisotopic (exact) mass is 399 g/mol. The molecule has 0 unspecified atom stereocenters. The van der Waals surface area contributed by atoms with E-state index in [1.807, 2.05) is 30.3 Å². The Balaban J connectivity index is 1.46. The number of carbonyl (C=O) groups is 1. The van der Waals surface area contributed by atoms with E-state index in [1.54, 1.807) is 18.3 Å². The number of hydrogen-bond donors (Lipinski definition) is 2. The van der Waals surface area contributed by atoms with E-state index in [9.17, 15) is 18.0 Å². The van der Waals surface area contributed by atoms with Crippen molar-refractivity contribution < 1.29 is 18.0 Å². The Kier molecular flexibility index (Phi) is 4.79. The summed E-state index contributed by atoms with van der Waals surface area (Å²) in [6, 6.07) is 15.5. The average Bonchev–Trinajstić information content (AvgIpc) is 3.35. The maximum Gasteiger partial charge on any atom is 0.449 e. The molecule has 0 radical (unpaired) electrons. The second-order valence-electron chi connectivity index (χ2n) is 6.45. The molecule has 0 atom stereocenters. The van der Waals surface area contributed by atoms with Crippen molar-refractivity contribution in [3.63, 3.8) is 0 Å². The van der Waals surface area contributed by atoms with Crippen molar-refractivity contribution in [2.75, 3.05) is 0 Å². The number of amides is 1. The Morgan fingerprint density at radius 2 is 1.83 bits per heavy atom. The van der Waals surface area contributed by atoms with E-state index in [4.69, 9.17) is 0 Å². The lowest BCUT2D eigenvalue weighted by atomic mass is 10.1. The first kappa shape index (κ1) is 18.7. The second kappa shape index (κ2) is 7.42. The van der Waals surface area contributed by atoms with Crippen LogP contribution in [0, 0.1) is 0 Å². The Labute approximate surface area is 163 Å². The van der Waals surface area contributed by atoms with Crippen molar-refractivity contribution in [2.24, 2.45) is 0 Å². The summed E-state index contributed by atoms with van der Waals surface area (Å²) in [5.41, 5.74) is 3.10. The summed E-state index contributed by atoms with van der Waals surface area (Å²) in [5, 5.41) is 9.41. The van der Waals surface area contributed by atoms with Crippen LogP contribution in [0.2, 0.25) is 0 Å². The van der Waals surface area contributed by atoms with Gasteiger partial charge in [-0.25, -0.2) is 4.98 Å². The van der Waals surface area contributed by atoms with Gasteiger partial charge in [0.25, 0.3) is 0 Å². The Morgan fingerprint density at radius 1 is 1.07 bits per heavy atom. The third-order valence-electron chi connectivity index (χ3n) is 4.47. The van der Waals surface area contributed by atoms with E-state index in [2.05, 4.69) is 20.5 Å². The molecule has 0 aliphatic heterocycles. The van der Waals surface area contributed by atoms with Crippen molar-refractivity contribution >= 4 is 16.9 Å². The first-order chi connectivity index (χ1) is 13.9. The number of halogens is 3. The summed E-state index contributed by atoms with van der Waals surface area (Å²) >= 11 is 0. The highest BCUT2D eigenvalue weighted by Crippen LogP contribution is 2.31. The number of benzene rings is 2. The summed E-state index contributed by atoms with van der Waals surface area (Å²) in [4.78, 5) is 16.0. The maximum absolute atomic E-state index is 13.3. The first-order valence-electron chi connectivity index (χ1n) is 8.79. The van der Waals surface area contributed by atoms with Crippen molar-refractivity contribution in [3.05, 3.63) is 72.2 Å². The van der Waals surface area contributed by atoms with Gasteiger partial charge < -0.3 is 9.88 Å². The van der Waals surface area contributed by atoms with E-state index in [0.29, 0.717) is 0 Å². The van der Waals surface area contributed by atoms with Crippen molar-refractivity contribution in [2.45, 2.75) is 19.3 Å². The van der Waals surface area contributed by atoms with Gasteiger partial charge in [0.2, 0.25) is 11.7 Å². The quantitative estimate of drug-likeness (QED) is 0.537. The van der Waals surface area contributed by atoms with Crippen molar-refractivity contribution in [1.82, 2.24) is 25.1 Å². The zero-order valence-electron chi connectivity index (χ0n) is 15.1. The lowest BCUT2D eigenvalue weighted by molar-refractivity contribution is -0.147. The summed E-state index contributed by atoms with van der Waals surface area (Å²) in [6.45, 7) is -0.266. The van der Waals surface area contributed by atoms with Crippen molar-refractivity contribution in [3.8, 4) is 11.3 Å². The van der Waals surface area contributed by atoms with E-state index in [1.165, 1.54) is 12.1 Å².